The van der Waals surface area contributed by atoms with Crippen LogP contribution in [0.1, 0.15) is 0 Å². The third-order valence-electron chi connectivity index (χ3n) is 10.2. The number of pyridine rings is 3. The number of hydrogen-bond acceptors (Lipinski definition) is 3. The number of rotatable bonds is 6. The van der Waals surface area contributed by atoms with Gasteiger partial charge in [-0.25, -0.2) is 4.98 Å². The van der Waals surface area contributed by atoms with Crippen molar-refractivity contribution in [2.24, 2.45) is 0 Å². The molecule has 248 valence electrons. The van der Waals surface area contributed by atoms with Crippen LogP contribution in [0.2, 0.25) is 0 Å². The largest absolute Gasteiger partial charge is 0.309 e. The number of hydrogen-bond donors (Lipinski definition) is 0. The summed E-state index contributed by atoms with van der Waals surface area (Å²) in [6.45, 7) is 0. The smallest absolute Gasteiger partial charge is 0.0899 e. The van der Waals surface area contributed by atoms with E-state index in [1.165, 1.54) is 27.3 Å². The maximum atomic E-state index is 5.14. The molecule has 0 aliphatic carbocycles. The molecule has 0 fully saturated rings. The molecule has 0 unspecified atom stereocenters. The minimum Gasteiger partial charge on any atom is -0.309 e. The Balaban J connectivity index is 1.04. The quantitative estimate of drug-likeness (QED) is 0.176. The summed E-state index contributed by atoms with van der Waals surface area (Å²) in [4.78, 5) is 14.3. The normalized spacial score (nSPS) is 11.4. The Bertz CT molecular complexity index is 2910. The fourth-order valence-electron chi connectivity index (χ4n) is 7.54. The fourth-order valence-corrected chi connectivity index (χ4v) is 7.54. The maximum absolute atomic E-state index is 5.14. The summed E-state index contributed by atoms with van der Waals surface area (Å²) in [5.41, 5.74) is 14.1. The van der Waals surface area contributed by atoms with Crippen molar-refractivity contribution in [3.63, 3.8) is 0 Å². The Kier molecular flexibility index (Phi) is 7.43. The molecular weight excluding hydrogens is 645 g/mol. The van der Waals surface area contributed by atoms with Gasteiger partial charge in [0.2, 0.25) is 0 Å². The van der Waals surface area contributed by atoms with Gasteiger partial charge < -0.3 is 4.57 Å². The van der Waals surface area contributed by atoms with E-state index >= 15 is 0 Å². The predicted octanol–water partition coefficient (Wildman–Crippen LogP) is 12.5. The van der Waals surface area contributed by atoms with Crippen molar-refractivity contribution in [3.8, 4) is 61.7 Å². The van der Waals surface area contributed by atoms with Crippen LogP contribution in [0, 0.1) is 0 Å². The Labute approximate surface area is 307 Å². The number of nitrogens with zero attached hydrogens (tertiary/aromatic N) is 4. The third kappa shape index (κ3) is 5.54. The lowest BCUT2D eigenvalue weighted by Crippen LogP contribution is -1.94. The second kappa shape index (κ2) is 12.9. The van der Waals surface area contributed by atoms with Crippen LogP contribution in [0.3, 0.4) is 0 Å². The van der Waals surface area contributed by atoms with Crippen molar-refractivity contribution >= 4 is 32.6 Å². The van der Waals surface area contributed by atoms with E-state index < -0.39 is 0 Å². The first kappa shape index (κ1) is 30.6. The summed E-state index contributed by atoms with van der Waals surface area (Å²) in [6.07, 6.45) is 5.68. The van der Waals surface area contributed by atoms with Crippen molar-refractivity contribution in [2.75, 3.05) is 0 Å². The molecule has 0 radical (unpaired) electrons. The van der Waals surface area contributed by atoms with Gasteiger partial charge in [-0.15, -0.1) is 0 Å². The lowest BCUT2D eigenvalue weighted by Gasteiger charge is -2.12. The van der Waals surface area contributed by atoms with E-state index in [0.717, 1.165) is 67.0 Å². The zero-order valence-corrected chi connectivity index (χ0v) is 28.8. The molecule has 4 heterocycles. The Morgan fingerprint density at radius 3 is 1.87 bits per heavy atom. The zero-order valence-electron chi connectivity index (χ0n) is 28.8. The van der Waals surface area contributed by atoms with Crippen LogP contribution < -0.4 is 0 Å². The molecule has 0 bridgehead atoms. The standard InChI is InChI=1S/C49H32N4/c1-2-9-33(10-3-1)34-20-23-40(24-21-34)53-48-25-22-38(29-43(48)44-32-50-28-26-49(44)53)35-16-18-36(19-17-35)39-30-46(52-47(31-39)45-15-6-7-27-51-45)42-14-8-12-37-11-4-5-13-41(37)42/h1-32H. The van der Waals surface area contributed by atoms with Crippen LogP contribution >= 0.6 is 0 Å². The van der Waals surface area contributed by atoms with Gasteiger partial charge in [0, 0.05) is 40.6 Å². The summed E-state index contributed by atoms with van der Waals surface area (Å²) in [6, 6.07) is 62.2. The highest BCUT2D eigenvalue weighted by Gasteiger charge is 2.15. The molecule has 0 atom stereocenters. The van der Waals surface area contributed by atoms with Gasteiger partial charge in [-0.1, -0.05) is 121 Å². The van der Waals surface area contributed by atoms with Gasteiger partial charge in [-0.3, -0.25) is 9.97 Å². The lowest BCUT2D eigenvalue weighted by molar-refractivity contribution is 1.17. The van der Waals surface area contributed by atoms with Crippen LogP contribution in [0.4, 0.5) is 0 Å². The van der Waals surface area contributed by atoms with Gasteiger partial charge >= 0.3 is 0 Å². The Morgan fingerprint density at radius 1 is 0.377 bits per heavy atom. The van der Waals surface area contributed by atoms with Crippen molar-refractivity contribution in [2.45, 2.75) is 0 Å². The molecule has 0 spiro atoms. The van der Waals surface area contributed by atoms with Gasteiger partial charge in [-0.05, 0) is 98.8 Å². The minimum atomic E-state index is 0.847. The van der Waals surface area contributed by atoms with Crippen molar-refractivity contribution in [3.05, 3.63) is 195 Å². The molecular formula is C49H32N4. The minimum absolute atomic E-state index is 0.847. The maximum Gasteiger partial charge on any atom is 0.0899 e. The van der Waals surface area contributed by atoms with E-state index in [2.05, 4.69) is 172 Å². The zero-order chi connectivity index (χ0) is 35.1. The van der Waals surface area contributed by atoms with Crippen LogP contribution in [-0.4, -0.2) is 19.5 Å². The predicted molar refractivity (Wildman–Crippen MR) is 219 cm³/mol. The van der Waals surface area contributed by atoms with E-state index in [9.17, 15) is 0 Å². The van der Waals surface area contributed by atoms with Crippen molar-refractivity contribution < 1.29 is 0 Å². The Hall–Kier alpha value is -7.17. The molecule has 0 saturated heterocycles. The van der Waals surface area contributed by atoms with Gasteiger partial charge in [0.1, 0.15) is 0 Å². The molecule has 0 aliphatic rings. The first-order chi connectivity index (χ1) is 26.3. The average molecular weight is 677 g/mol. The second-order valence-corrected chi connectivity index (χ2v) is 13.3. The molecule has 0 amide bonds. The third-order valence-corrected chi connectivity index (χ3v) is 10.2. The van der Waals surface area contributed by atoms with Crippen molar-refractivity contribution in [1.29, 1.82) is 0 Å². The monoisotopic (exact) mass is 676 g/mol. The molecule has 10 aromatic rings. The topological polar surface area (TPSA) is 43.6 Å². The van der Waals surface area contributed by atoms with E-state index in [4.69, 9.17) is 4.98 Å². The van der Waals surface area contributed by atoms with Crippen molar-refractivity contribution in [1.82, 2.24) is 19.5 Å². The number of fused-ring (bicyclic) bond motifs is 4. The second-order valence-electron chi connectivity index (χ2n) is 13.3. The van der Waals surface area contributed by atoms with Gasteiger partial charge in [-0.2, -0.15) is 0 Å². The summed E-state index contributed by atoms with van der Waals surface area (Å²) in [7, 11) is 0. The summed E-state index contributed by atoms with van der Waals surface area (Å²) in [5.74, 6) is 0. The molecule has 0 saturated carbocycles. The van der Waals surface area contributed by atoms with Gasteiger partial charge in [0.15, 0.2) is 0 Å². The average Bonchev–Trinajstić information content (AvgIpc) is 3.58. The van der Waals surface area contributed by atoms with E-state index in [-0.39, 0.29) is 0 Å². The van der Waals surface area contributed by atoms with Gasteiger partial charge in [0.25, 0.3) is 0 Å². The van der Waals surface area contributed by atoms with Crippen LogP contribution in [-0.2, 0) is 0 Å². The first-order valence-electron chi connectivity index (χ1n) is 17.8. The molecule has 0 aliphatic heterocycles. The number of aromatic nitrogens is 4. The van der Waals surface area contributed by atoms with Crippen LogP contribution in [0.5, 0.6) is 0 Å². The molecule has 4 heteroatoms. The van der Waals surface area contributed by atoms with Gasteiger partial charge in [0.05, 0.1) is 28.1 Å². The summed E-state index contributed by atoms with van der Waals surface area (Å²) in [5, 5.41) is 4.68. The molecule has 4 nitrogen and oxygen atoms in total. The summed E-state index contributed by atoms with van der Waals surface area (Å²) < 4.78 is 2.34. The lowest BCUT2D eigenvalue weighted by atomic mass is 9.96. The highest BCUT2D eigenvalue weighted by molar-refractivity contribution is 6.10. The molecule has 4 aromatic heterocycles. The van der Waals surface area contributed by atoms with Crippen LogP contribution in [0.25, 0.3) is 94.3 Å². The van der Waals surface area contributed by atoms with E-state index in [1.54, 1.807) is 0 Å². The molecule has 6 aromatic carbocycles. The van der Waals surface area contributed by atoms with E-state index in [1.807, 2.05) is 36.8 Å². The molecule has 0 N–H and O–H groups in total. The Morgan fingerprint density at radius 2 is 1.04 bits per heavy atom. The highest BCUT2D eigenvalue weighted by atomic mass is 15.0. The SMILES string of the molecule is c1ccc(-c2ccc(-n3c4ccncc4c4cc(-c5ccc(-c6cc(-c7ccccn7)nc(-c7cccc8ccccc78)c6)cc5)ccc43)cc2)cc1. The molecule has 10 rings (SSSR count). The van der Waals surface area contributed by atoms with E-state index in [0.29, 0.717) is 0 Å². The first-order valence-corrected chi connectivity index (χ1v) is 17.8. The highest BCUT2D eigenvalue weighted by Crippen LogP contribution is 2.37. The fraction of sp³-hybridized carbons (Fsp3) is 0. The van der Waals surface area contributed by atoms with Crippen LogP contribution in [0.15, 0.2) is 195 Å². The molecule has 53 heavy (non-hydrogen) atoms. The summed E-state index contributed by atoms with van der Waals surface area (Å²) >= 11 is 0. The number of benzene rings is 6.